The molecule has 4 nitrogen and oxygen atoms in total. The molecule has 0 aliphatic rings. The van der Waals surface area contributed by atoms with Crippen molar-refractivity contribution >= 4 is 26.8 Å². The van der Waals surface area contributed by atoms with Gasteiger partial charge in [-0.1, -0.05) is 0 Å². The zero-order valence-corrected chi connectivity index (χ0v) is 5.11. The van der Waals surface area contributed by atoms with E-state index in [9.17, 15) is 4.79 Å². The van der Waals surface area contributed by atoms with E-state index in [0.717, 1.165) is 0 Å². The van der Waals surface area contributed by atoms with E-state index in [1.54, 1.807) is 0 Å². The monoisotopic (exact) mass is 166 g/mol. The summed E-state index contributed by atoms with van der Waals surface area (Å²) in [4.78, 5) is 9.76. The molecule has 0 heterocycles. The standard InChI is InChI=1S/C2H4N3OSe/c3-1(6)5-2(4)7/h(H4,3,4,5,6). The van der Waals surface area contributed by atoms with Gasteiger partial charge in [-0.15, -0.1) is 0 Å². The molecule has 0 aromatic heterocycles. The van der Waals surface area contributed by atoms with Crippen LogP contribution in [0.3, 0.4) is 0 Å². The second kappa shape index (κ2) is 2.60. The molecule has 0 aromatic rings. The Morgan fingerprint density at radius 2 is 2.29 bits per heavy atom. The molecule has 0 atom stereocenters. The number of hydrogen-bond donors (Lipinski definition) is 3. The minimum absolute atomic E-state index is 0.0625. The topological polar surface area (TPSA) is 79.0 Å². The van der Waals surface area contributed by atoms with Gasteiger partial charge in [-0.05, 0) is 0 Å². The van der Waals surface area contributed by atoms with Gasteiger partial charge < -0.3 is 0 Å². The fourth-order valence-corrected chi connectivity index (χ4v) is 0.323. The van der Waals surface area contributed by atoms with Crippen molar-refractivity contribution in [1.82, 2.24) is 5.32 Å². The van der Waals surface area contributed by atoms with Crippen LogP contribution in [0.5, 0.6) is 0 Å². The van der Waals surface area contributed by atoms with Crippen LogP contribution in [-0.4, -0.2) is 26.8 Å². The average molecular weight is 165 g/mol. The SMILES string of the molecule is N=C([Se])NC(N)=O. The van der Waals surface area contributed by atoms with Crippen LogP contribution < -0.4 is 11.1 Å². The number of amides is 2. The van der Waals surface area contributed by atoms with Crippen LogP contribution in [0.1, 0.15) is 0 Å². The summed E-state index contributed by atoms with van der Waals surface area (Å²) < 4.78 is -0.0625. The van der Waals surface area contributed by atoms with Gasteiger partial charge in [0.15, 0.2) is 0 Å². The number of amidine groups is 1. The van der Waals surface area contributed by atoms with Crippen molar-refractivity contribution < 1.29 is 4.79 Å². The Bertz CT molecular complexity index is 89.1. The van der Waals surface area contributed by atoms with E-state index < -0.39 is 6.03 Å². The molecule has 0 aliphatic carbocycles. The molecule has 7 heavy (non-hydrogen) atoms. The van der Waals surface area contributed by atoms with Crippen molar-refractivity contribution in [3.05, 3.63) is 0 Å². The van der Waals surface area contributed by atoms with Gasteiger partial charge >= 0.3 is 48.0 Å². The number of nitrogens with one attached hydrogen (secondary N) is 2. The second-order valence-corrected chi connectivity index (χ2v) is 1.67. The van der Waals surface area contributed by atoms with Gasteiger partial charge in [0.05, 0.1) is 0 Å². The molecule has 0 saturated heterocycles. The van der Waals surface area contributed by atoms with E-state index in [1.165, 1.54) is 0 Å². The van der Waals surface area contributed by atoms with Crippen LogP contribution in [0.25, 0.3) is 0 Å². The van der Waals surface area contributed by atoms with Crippen molar-refractivity contribution in [2.24, 2.45) is 5.73 Å². The van der Waals surface area contributed by atoms with E-state index in [2.05, 4.69) is 21.7 Å². The first-order chi connectivity index (χ1) is 3.13. The predicted molar refractivity (Wildman–Crippen MR) is 26.2 cm³/mol. The molecule has 0 fully saturated rings. The first kappa shape index (κ1) is 6.46. The molecule has 5 heteroatoms. The van der Waals surface area contributed by atoms with Crippen LogP contribution in [0, 0.1) is 5.41 Å². The van der Waals surface area contributed by atoms with Crippen LogP contribution in [-0.2, 0) is 0 Å². The zero-order valence-electron chi connectivity index (χ0n) is 3.39. The number of rotatable bonds is 0. The van der Waals surface area contributed by atoms with E-state index in [0.29, 0.717) is 0 Å². The summed E-state index contributed by atoms with van der Waals surface area (Å²) in [7, 11) is 0. The number of carbonyl (C=O) groups excluding carboxylic acids is 1. The molecule has 1 radical (unpaired) electrons. The molecule has 0 spiro atoms. The normalized spacial score (nSPS) is 7.43. The maximum absolute atomic E-state index is 9.76. The van der Waals surface area contributed by atoms with E-state index in [-0.39, 0.29) is 4.73 Å². The molecule has 0 saturated carbocycles. The molecule has 0 aromatic carbocycles. The summed E-state index contributed by atoms with van der Waals surface area (Å²) in [5, 5.41) is 8.53. The molecular weight excluding hydrogens is 161 g/mol. The number of nitrogens with two attached hydrogens (primary N) is 1. The first-order valence-electron chi connectivity index (χ1n) is 1.45. The summed E-state index contributed by atoms with van der Waals surface area (Å²) in [6.45, 7) is 0. The first-order valence-corrected chi connectivity index (χ1v) is 2.30. The average Bonchev–Trinajstić information content (AvgIpc) is 1.27. The molecule has 2 amide bonds. The number of carbonyl (C=O) groups is 1. The summed E-state index contributed by atoms with van der Waals surface area (Å²) in [5.41, 5.74) is 4.58. The summed E-state index contributed by atoms with van der Waals surface area (Å²) >= 11 is 2.24. The Balaban J connectivity index is 3.32. The quantitative estimate of drug-likeness (QED) is 0.234. The van der Waals surface area contributed by atoms with Gasteiger partial charge in [0, 0.05) is 0 Å². The Hall–Kier alpha value is -0.541. The van der Waals surface area contributed by atoms with E-state index in [4.69, 9.17) is 5.41 Å². The van der Waals surface area contributed by atoms with Gasteiger partial charge in [0.25, 0.3) is 0 Å². The third-order valence-corrected chi connectivity index (χ3v) is 0.451. The van der Waals surface area contributed by atoms with Crippen molar-refractivity contribution in [2.45, 2.75) is 0 Å². The molecule has 4 N–H and O–H groups in total. The minimum atomic E-state index is -0.719. The van der Waals surface area contributed by atoms with Gasteiger partial charge in [0.1, 0.15) is 0 Å². The fourth-order valence-electron chi connectivity index (χ4n) is 0.112. The van der Waals surface area contributed by atoms with E-state index >= 15 is 0 Å². The molecule has 0 rings (SSSR count). The van der Waals surface area contributed by atoms with Gasteiger partial charge in [-0.3, -0.25) is 0 Å². The van der Waals surface area contributed by atoms with Gasteiger partial charge in [-0.25, -0.2) is 0 Å². The summed E-state index contributed by atoms with van der Waals surface area (Å²) in [5.74, 6) is 0. The molecule has 0 unspecified atom stereocenters. The zero-order chi connectivity index (χ0) is 5.86. The Kier molecular flexibility index (Phi) is 2.40. The number of urea groups is 1. The van der Waals surface area contributed by atoms with Gasteiger partial charge in [-0.2, -0.15) is 0 Å². The van der Waals surface area contributed by atoms with Gasteiger partial charge in [0.2, 0.25) is 0 Å². The van der Waals surface area contributed by atoms with Crippen LogP contribution >= 0.6 is 0 Å². The fraction of sp³-hybridized carbons (Fsp3) is 0. The summed E-state index contributed by atoms with van der Waals surface area (Å²) in [6, 6.07) is -0.719. The third-order valence-electron chi connectivity index (χ3n) is 0.237. The van der Waals surface area contributed by atoms with Crippen molar-refractivity contribution in [3.8, 4) is 0 Å². The van der Waals surface area contributed by atoms with Crippen molar-refractivity contribution in [2.75, 3.05) is 0 Å². The summed E-state index contributed by atoms with van der Waals surface area (Å²) in [6.07, 6.45) is 0. The maximum atomic E-state index is 9.76. The van der Waals surface area contributed by atoms with Crippen LogP contribution in [0.15, 0.2) is 0 Å². The second-order valence-electron chi connectivity index (χ2n) is 0.818. The Morgan fingerprint density at radius 3 is 2.29 bits per heavy atom. The number of hydrogen-bond acceptors (Lipinski definition) is 2. The Labute approximate surface area is 48.8 Å². The predicted octanol–water partition coefficient (Wildman–Crippen LogP) is -1.24. The molecule has 39 valence electrons. The van der Waals surface area contributed by atoms with Crippen molar-refractivity contribution in [1.29, 1.82) is 5.41 Å². The third kappa shape index (κ3) is 5.46. The van der Waals surface area contributed by atoms with Crippen LogP contribution in [0.2, 0.25) is 0 Å². The molecular formula is C2H4N3OSe. The molecule has 0 bridgehead atoms. The van der Waals surface area contributed by atoms with Crippen LogP contribution in [0.4, 0.5) is 4.79 Å². The van der Waals surface area contributed by atoms with E-state index in [1.807, 2.05) is 5.32 Å². The van der Waals surface area contributed by atoms with Crippen molar-refractivity contribution in [3.63, 3.8) is 0 Å². The Morgan fingerprint density at radius 1 is 1.86 bits per heavy atom. The number of primary amides is 1. The molecule has 0 aliphatic heterocycles.